The minimum Gasteiger partial charge on any atom is -0.449 e. The molecule has 0 aliphatic heterocycles. The second-order valence-electron chi connectivity index (χ2n) is 5.61. The maximum Gasteiger partial charge on any atom is 0.407 e. The van der Waals surface area contributed by atoms with Gasteiger partial charge in [0.15, 0.2) is 0 Å². The summed E-state index contributed by atoms with van der Waals surface area (Å²) in [6.45, 7) is 1.21. The SMILES string of the molecule is O=C(NCC1CCCCCC1)OCCc1ccccc1. The molecule has 0 spiro atoms. The van der Waals surface area contributed by atoms with Gasteiger partial charge in [-0.1, -0.05) is 56.0 Å². The summed E-state index contributed by atoms with van der Waals surface area (Å²) < 4.78 is 5.22. The van der Waals surface area contributed by atoms with Crippen molar-refractivity contribution in [2.75, 3.05) is 13.2 Å². The predicted octanol–water partition coefficient (Wildman–Crippen LogP) is 3.93. The highest BCUT2D eigenvalue weighted by molar-refractivity contribution is 5.67. The van der Waals surface area contributed by atoms with Gasteiger partial charge in [0.1, 0.15) is 0 Å². The largest absolute Gasteiger partial charge is 0.449 e. The molecule has 1 amide bonds. The molecule has 110 valence electrons. The van der Waals surface area contributed by atoms with Crippen molar-refractivity contribution in [1.29, 1.82) is 0 Å². The summed E-state index contributed by atoms with van der Waals surface area (Å²) in [7, 11) is 0. The van der Waals surface area contributed by atoms with Crippen LogP contribution in [0.3, 0.4) is 0 Å². The summed E-state index contributed by atoms with van der Waals surface area (Å²) in [5.41, 5.74) is 1.20. The molecule has 0 heterocycles. The molecule has 3 heteroatoms. The van der Waals surface area contributed by atoms with Gasteiger partial charge in [0.25, 0.3) is 0 Å². The Morgan fingerprint density at radius 1 is 1.10 bits per heavy atom. The Labute approximate surface area is 121 Å². The van der Waals surface area contributed by atoms with Gasteiger partial charge in [-0.3, -0.25) is 0 Å². The molecule has 1 aliphatic rings. The molecule has 1 aromatic rings. The lowest BCUT2D eigenvalue weighted by Gasteiger charge is -2.14. The Kier molecular flexibility index (Phi) is 6.42. The zero-order valence-electron chi connectivity index (χ0n) is 12.1. The fraction of sp³-hybridized carbons (Fsp3) is 0.588. The van der Waals surface area contributed by atoms with E-state index in [2.05, 4.69) is 5.32 Å². The maximum atomic E-state index is 11.6. The lowest BCUT2D eigenvalue weighted by Crippen LogP contribution is -2.30. The molecule has 0 aromatic heterocycles. The Morgan fingerprint density at radius 2 is 1.80 bits per heavy atom. The second-order valence-corrected chi connectivity index (χ2v) is 5.61. The number of hydrogen-bond acceptors (Lipinski definition) is 2. The highest BCUT2D eigenvalue weighted by Gasteiger charge is 2.13. The van der Waals surface area contributed by atoms with E-state index in [-0.39, 0.29) is 6.09 Å². The van der Waals surface area contributed by atoms with Gasteiger partial charge >= 0.3 is 6.09 Å². The Hall–Kier alpha value is -1.51. The van der Waals surface area contributed by atoms with Gasteiger partial charge in [-0.15, -0.1) is 0 Å². The van der Waals surface area contributed by atoms with Crippen molar-refractivity contribution in [3.8, 4) is 0 Å². The van der Waals surface area contributed by atoms with E-state index in [0.717, 1.165) is 13.0 Å². The van der Waals surface area contributed by atoms with Gasteiger partial charge < -0.3 is 10.1 Å². The first-order valence-electron chi connectivity index (χ1n) is 7.79. The lowest BCUT2D eigenvalue weighted by atomic mass is 10.0. The number of hydrogen-bond donors (Lipinski definition) is 1. The van der Waals surface area contributed by atoms with Crippen molar-refractivity contribution < 1.29 is 9.53 Å². The molecule has 1 N–H and O–H groups in total. The number of nitrogens with one attached hydrogen (secondary N) is 1. The van der Waals surface area contributed by atoms with E-state index in [1.807, 2.05) is 30.3 Å². The normalized spacial score (nSPS) is 16.4. The molecule has 0 unspecified atom stereocenters. The zero-order valence-corrected chi connectivity index (χ0v) is 12.1. The smallest absolute Gasteiger partial charge is 0.407 e. The van der Waals surface area contributed by atoms with Crippen molar-refractivity contribution >= 4 is 6.09 Å². The summed E-state index contributed by atoms with van der Waals surface area (Å²) in [5, 5.41) is 2.91. The first kappa shape index (κ1) is 14.9. The van der Waals surface area contributed by atoms with Crippen molar-refractivity contribution in [2.24, 2.45) is 5.92 Å². The van der Waals surface area contributed by atoms with Crippen LogP contribution in [0, 0.1) is 5.92 Å². The second kappa shape index (κ2) is 8.62. The molecule has 0 radical (unpaired) electrons. The summed E-state index contributed by atoms with van der Waals surface area (Å²) in [4.78, 5) is 11.6. The van der Waals surface area contributed by atoms with E-state index in [1.165, 1.54) is 44.1 Å². The average molecular weight is 275 g/mol. The first-order valence-corrected chi connectivity index (χ1v) is 7.79. The molecule has 0 saturated heterocycles. The van der Waals surface area contributed by atoms with Crippen LogP contribution < -0.4 is 5.32 Å². The highest BCUT2D eigenvalue weighted by atomic mass is 16.5. The predicted molar refractivity (Wildman–Crippen MR) is 80.7 cm³/mol. The monoisotopic (exact) mass is 275 g/mol. The quantitative estimate of drug-likeness (QED) is 0.827. The van der Waals surface area contributed by atoms with E-state index >= 15 is 0 Å². The molecule has 0 atom stereocenters. The molecular weight excluding hydrogens is 250 g/mol. The average Bonchev–Trinajstić information content (AvgIpc) is 2.75. The van der Waals surface area contributed by atoms with E-state index in [0.29, 0.717) is 12.5 Å². The van der Waals surface area contributed by atoms with Crippen LogP contribution in [0.4, 0.5) is 4.79 Å². The summed E-state index contributed by atoms with van der Waals surface area (Å²) in [6.07, 6.45) is 8.28. The molecule has 1 saturated carbocycles. The van der Waals surface area contributed by atoms with E-state index < -0.39 is 0 Å². The van der Waals surface area contributed by atoms with Crippen LogP contribution in [0.2, 0.25) is 0 Å². The molecule has 0 bridgehead atoms. The standard InChI is InChI=1S/C17H25NO2/c19-17(18-14-16-10-4-1-2-5-11-16)20-13-12-15-8-6-3-7-9-15/h3,6-9,16H,1-2,4-5,10-14H2,(H,18,19). The van der Waals surface area contributed by atoms with Gasteiger partial charge in [-0.25, -0.2) is 4.79 Å². The van der Waals surface area contributed by atoms with Crippen molar-refractivity contribution in [3.05, 3.63) is 35.9 Å². The van der Waals surface area contributed by atoms with Crippen molar-refractivity contribution in [1.82, 2.24) is 5.32 Å². The fourth-order valence-corrected chi connectivity index (χ4v) is 2.75. The number of alkyl carbamates (subject to hydrolysis) is 1. The Bertz CT molecular complexity index is 383. The van der Waals surface area contributed by atoms with Crippen LogP contribution in [-0.4, -0.2) is 19.2 Å². The first-order chi connectivity index (χ1) is 9.84. The fourth-order valence-electron chi connectivity index (χ4n) is 2.75. The van der Waals surface area contributed by atoms with E-state index in [9.17, 15) is 4.79 Å². The minimum absolute atomic E-state index is 0.273. The molecule has 1 aromatic carbocycles. The molecule has 1 aliphatic carbocycles. The molecule has 3 nitrogen and oxygen atoms in total. The molecule has 20 heavy (non-hydrogen) atoms. The topological polar surface area (TPSA) is 38.3 Å². The Morgan fingerprint density at radius 3 is 2.50 bits per heavy atom. The van der Waals surface area contributed by atoms with Gasteiger partial charge in [-0.05, 0) is 24.3 Å². The molecule has 2 rings (SSSR count). The zero-order chi connectivity index (χ0) is 14.0. The number of ether oxygens (including phenoxy) is 1. The molecular formula is C17H25NO2. The third kappa shape index (κ3) is 5.64. The third-order valence-corrected chi connectivity index (χ3v) is 3.98. The summed E-state index contributed by atoms with van der Waals surface area (Å²) in [6, 6.07) is 10.1. The summed E-state index contributed by atoms with van der Waals surface area (Å²) in [5.74, 6) is 0.638. The van der Waals surface area contributed by atoms with Crippen LogP contribution in [0.15, 0.2) is 30.3 Å². The van der Waals surface area contributed by atoms with Crippen LogP contribution in [0.5, 0.6) is 0 Å². The van der Waals surface area contributed by atoms with E-state index in [1.54, 1.807) is 0 Å². The van der Waals surface area contributed by atoms with Gasteiger partial charge in [0.2, 0.25) is 0 Å². The van der Waals surface area contributed by atoms with Crippen LogP contribution >= 0.6 is 0 Å². The van der Waals surface area contributed by atoms with Crippen LogP contribution in [0.1, 0.15) is 44.1 Å². The van der Waals surface area contributed by atoms with Crippen molar-refractivity contribution in [3.63, 3.8) is 0 Å². The molecule has 1 fully saturated rings. The minimum atomic E-state index is -0.273. The van der Waals surface area contributed by atoms with Gasteiger partial charge in [-0.2, -0.15) is 0 Å². The number of amides is 1. The van der Waals surface area contributed by atoms with Gasteiger partial charge in [0.05, 0.1) is 6.61 Å². The maximum absolute atomic E-state index is 11.6. The third-order valence-electron chi connectivity index (χ3n) is 3.98. The van der Waals surface area contributed by atoms with Gasteiger partial charge in [0, 0.05) is 13.0 Å². The van der Waals surface area contributed by atoms with Crippen molar-refractivity contribution in [2.45, 2.75) is 44.9 Å². The van der Waals surface area contributed by atoms with E-state index in [4.69, 9.17) is 4.74 Å². The lowest BCUT2D eigenvalue weighted by molar-refractivity contribution is 0.145. The van der Waals surface area contributed by atoms with Crippen LogP contribution in [0.25, 0.3) is 0 Å². The van der Waals surface area contributed by atoms with Crippen LogP contribution in [-0.2, 0) is 11.2 Å². The highest BCUT2D eigenvalue weighted by Crippen LogP contribution is 2.21. The number of rotatable bonds is 5. The number of benzene rings is 1. The number of carbonyl (C=O) groups excluding carboxylic acids is 1. The summed E-state index contributed by atoms with van der Waals surface area (Å²) >= 11 is 0. The Balaban J connectivity index is 1.58. The number of carbonyl (C=O) groups is 1.